The van der Waals surface area contributed by atoms with Gasteiger partial charge in [0.15, 0.2) is 0 Å². The number of hydrogen-bond donors (Lipinski definition) is 2. The van der Waals surface area contributed by atoms with Crippen molar-refractivity contribution in [2.45, 2.75) is 32.0 Å². The predicted octanol–water partition coefficient (Wildman–Crippen LogP) is 4.61. The Morgan fingerprint density at radius 2 is 2.11 bits per heavy atom. The van der Waals surface area contributed by atoms with Crippen LogP contribution in [0.25, 0.3) is 0 Å². The molecular weight excluding hydrogens is 390 g/mol. The van der Waals surface area contributed by atoms with E-state index >= 15 is 0 Å². The van der Waals surface area contributed by atoms with E-state index in [1.54, 1.807) is 11.3 Å². The smallest absolute Gasteiger partial charge is 0.255 e. The molecule has 2 N–H and O–H groups in total. The number of nitrogens with one attached hydrogen (secondary N) is 2. The van der Waals surface area contributed by atoms with Gasteiger partial charge < -0.3 is 10.6 Å². The van der Waals surface area contributed by atoms with Crippen LogP contribution in [0.4, 0.5) is 11.6 Å². The van der Waals surface area contributed by atoms with Gasteiger partial charge in [-0.25, -0.2) is 4.68 Å². The maximum absolute atomic E-state index is 13.3. The average Bonchev–Trinajstić information content (AvgIpc) is 3.32. The van der Waals surface area contributed by atoms with Gasteiger partial charge >= 0.3 is 0 Å². The molecule has 144 valence electrons. The minimum Gasteiger partial charge on any atom is -0.328 e. The third-order valence-electron chi connectivity index (χ3n) is 4.70. The van der Waals surface area contributed by atoms with Crippen molar-refractivity contribution in [1.82, 2.24) is 14.8 Å². The number of rotatable bonds is 4. The lowest BCUT2D eigenvalue weighted by molar-refractivity contribution is -0.113. The quantitative estimate of drug-likeness (QED) is 0.614. The highest BCUT2D eigenvalue weighted by atomic mass is 32.2. The second-order valence-corrected chi connectivity index (χ2v) is 8.47. The van der Waals surface area contributed by atoms with Crippen LogP contribution in [0.5, 0.6) is 0 Å². The molecular formula is C20H21N5OS2. The zero-order valence-corrected chi connectivity index (χ0v) is 17.7. The molecule has 8 heteroatoms. The first-order valence-corrected chi connectivity index (χ1v) is 11.0. The van der Waals surface area contributed by atoms with Crippen molar-refractivity contribution in [2.75, 3.05) is 16.9 Å². The number of allylic oxidation sites excluding steroid dienone is 1. The minimum atomic E-state index is -0.310. The minimum absolute atomic E-state index is 0.137. The van der Waals surface area contributed by atoms with E-state index in [0.717, 1.165) is 21.8 Å². The highest BCUT2D eigenvalue weighted by molar-refractivity contribution is 7.98. The first-order valence-electron chi connectivity index (χ1n) is 8.88. The summed E-state index contributed by atoms with van der Waals surface area (Å²) >= 11 is 3.09. The summed E-state index contributed by atoms with van der Waals surface area (Å²) in [7, 11) is 0. The summed E-state index contributed by atoms with van der Waals surface area (Å²) < 4.78 is 1.81. The van der Waals surface area contributed by atoms with Crippen LogP contribution in [0.2, 0.25) is 0 Å². The van der Waals surface area contributed by atoms with Crippen LogP contribution in [-0.4, -0.2) is 26.9 Å². The molecule has 0 spiro atoms. The molecule has 1 aromatic carbocycles. The lowest BCUT2D eigenvalue weighted by Crippen LogP contribution is -2.31. The standard InChI is InChI=1S/C20H21N5OS2/c1-11-7-8-14(12(2)10-11)22-18(26)16-13(3)21-19-23-20(27-4)24-25(19)17(16)15-6-5-9-28-15/h5-10,17H,1-4H3,(H,22,26)(H,21,23,24). The van der Waals surface area contributed by atoms with Crippen molar-refractivity contribution in [2.24, 2.45) is 0 Å². The van der Waals surface area contributed by atoms with Gasteiger partial charge in [0.25, 0.3) is 5.91 Å². The number of aromatic nitrogens is 3. The maximum atomic E-state index is 13.3. The summed E-state index contributed by atoms with van der Waals surface area (Å²) in [4.78, 5) is 18.9. The Bertz CT molecular complexity index is 1070. The third-order valence-corrected chi connectivity index (χ3v) is 6.17. The van der Waals surface area contributed by atoms with Crippen molar-refractivity contribution in [3.05, 3.63) is 63.0 Å². The molecule has 3 heterocycles. The Labute approximate surface area is 172 Å². The van der Waals surface area contributed by atoms with E-state index in [1.807, 2.05) is 61.4 Å². The van der Waals surface area contributed by atoms with E-state index in [2.05, 4.69) is 26.8 Å². The average molecular weight is 412 g/mol. The molecule has 1 unspecified atom stereocenters. The number of anilines is 2. The van der Waals surface area contributed by atoms with Gasteiger partial charge in [0, 0.05) is 16.3 Å². The van der Waals surface area contributed by atoms with Gasteiger partial charge in [-0.3, -0.25) is 4.79 Å². The zero-order chi connectivity index (χ0) is 19.8. The van der Waals surface area contributed by atoms with E-state index in [-0.39, 0.29) is 11.9 Å². The molecule has 0 aliphatic carbocycles. The Balaban J connectivity index is 1.75. The molecule has 0 radical (unpaired) electrons. The van der Waals surface area contributed by atoms with E-state index in [1.165, 1.54) is 17.3 Å². The molecule has 6 nitrogen and oxygen atoms in total. The van der Waals surface area contributed by atoms with Gasteiger partial charge in [-0.1, -0.05) is 35.5 Å². The fourth-order valence-electron chi connectivity index (χ4n) is 3.37. The number of carbonyl (C=O) groups is 1. The van der Waals surface area contributed by atoms with Gasteiger partial charge in [-0.05, 0) is 50.1 Å². The lowest BCUT2D eigenvalue weighted by Gasteiger charge is -2.27. The summed E-state index contributed by atoms with van der Waals surface area (Å²) in [5, 5.41) is 13.6. The van der Waals surface area contributed by atoms with Gasteiger partial charge in [0.1, 0.15) is 6.04 Å². The van der Waals surface area contributed by atoms with Crippen molar-refractivity contribution < 1.29 is 4.79 Å². The van der Waals surface area contributed by atoms with Crippen molar-refractivity contribution in [3.63, 3.8) is 0 Å². The summed E-state index contributed by atoms with van der Waals surface area (Å²) in [5.41, 5.74) is 4.45. The molecule has 4 rings (SSSR count). The van der Waals surface area contributed by atoms with Crippen LogP contribution in [0.1, 0.15) is 29.0 Å². The predicted molar refractivity (Wildman–Crippen MR) is 115 cm³/mol. The number of hydrogen-bond acceptors (Lipinski definition) is 6. The maximum Gasteiger partial charge on any atom is 0.255 e. The zero-order valence-electron chi connectivity index (χ0n) is 16.1. The summed E-state index contributed by atoms with van der Waals surface area (Å²) in [6.07, 6.45) is 1.94. The van der Waals surface area contributed by atoms with Crippen LogP contribution in [0.15, 0.2) is 52.1 Å². The fourth-order valence-corrected chi connectivity index (χ4v) is 4.53. The van der Waals surface area contributed by atoms with Crippen molar-refractivity contribution >= 4 is 40.6 Å². The highest BCUT2D eigenvalue weighted by Crippen LogP contribution is 2.38. The Morgan fingerprint density at radius 3 is 2.79 bits per heavy atom. The van der Waals surface area contributed by atoms with Crippen LogP contribution in [-0.2, 0) is 4.79 Å². The molecule has 0 saturated carbocycles. The molecule has 1 amide bonds. The van der Waals surface area contributed by atoms with Crippen molar-refractivity contribution in [3.8, 4) is 0 Å². The molecule has 3 aromatic rings. The van der Waals surface area contributed by atoms with Crippen molar-refractivity contribution in [1.29, 1.82) is 0 Å². The SMILES string of the molecule is CSc1nc2n(n1)C(c1cccs1)C(C(=O)Nc1ccc(C)cc1C)=C(C)N2. The van der Waals surface area contributed by atoms with Crippen LogP contribution in [0, 0.1) is 13.8 Å². The number of aryl methyl sites for hydroxylation is 2. The summed E-state index contributed by atoms with van der Waals surface area (Å²) in [5.74, 6) is 0.519. The van der Waals surface area contributed by atoms with E-state index in [4.69, 9.17) is 0 Å². The molecule has 0 saturated heterocycles. The second kappa shape index (κ2) is 7.44. The number of thiophene rings is 1. The summed E-state index contributed by atoms with van der Waals surface area (Å²) in [6, 6.07) is 9.72. The van der Waals surface area contributed by atoms with E-state index < -0.39 is 0 Å². The number of nitrogens with zero attached hydrogens (tertiary/aromatic N) is 3. The molecule has 1 aliphatic rings. The monoisotopic (exact) mass is 411 g/mol. The number of carbonyl (C=O) groups excluding carboxylic acids is 1. The normalized spacial score (nSPS) is 15.9. The second-order valence-electron chi connectivity index (χ2n) is 6.72. The van der Waals surface area contributed by atoms with E-state index in [9.17, 15) is 4.79 Å². The van der Waals surface area contributed by atoms with Crippen LogP contribution in [0.3, 0.4) is 0 Å². The van der Waals surface area contributed by atoms with Crippen LogP contribution < -0.4 is 10.6 Å². The highest BCUT2D eigenvalue weighted by Gasteiger charge is 2.35. The first-order chi connectivity index (χ1) is 13.5. The third kappa shape index (κ3) is 3.33. The molecule has 0 bridgehead atoms. The number of thioether (sulfide) groups is 1. The van der Waals surface area contributed by atoms with Gasteiger partial charge in [-0.15, -0.1) is 16.4 Å². The van der Waals surface area contributed by atoms with Crippen LogP contribution >= 0.6 is 23.1 Å². The van der Waals surface area contributed by atoms with Gasteiger partial charge in [0.2, 0.25) is 11.1 Å². The molecule has 1 aliphatic heterocycles. The molecule has 2 aromatic heterocycles. The number of benzene rings is 1. The Kier molecular flexibility index (Phi) is 4.99. The fraction of sp³-hybridized carbons (Fsp3) is 0.250. The largest absolute Gasteiger partial charge is 0.328 e. The molecule has 0 fully saturated rings. The summed E-state index contributed by atoms with van der Waals surface area (Å²) in [6.45, 7) is 5.95. The topological polar surface area (TPSA) is 71.8 Å². The Hall–Kier alpha value is -2.58. The lowest BCUT2D eigenvalue weighted by atomic mass is 10.0. The van der Waals surface area contributed by atoms with Gasteiger partial charge in [0.05, 0.1) is 5.57 Å². The van der Waals surface area contributed by atoms with Gasteiger partial charge in [-0.2, -0.15) is 4.98 Å². The Morgan fingerprint density at radius 1 is 1.29 bits per heavy atom. The molecule has 28 heavy (non-hydrogen) atoms. The molecule has 1 atom stereocenters. The number of fused-ring (bicyclic) bond motifs is 1. The first kappa shape index (κ1) is 18.8. The van der Waals surface area contributed by atoms with E-state index in [0.29, 0.717) is 16.7 Å². The number of amides is 1.